The Morgan fingerprint density at radius 2 is 2.11 bits per heavy atom. The van der Waals surface area contributed by atoms with Crippen molar-refractivity contribution >= 4 is 23.5 Å². The van der Waals surface area contributed by atoms with Crippen molar-refractivity contribution in [2.24, 2.45) is 0 Å². The summed E-state index contributed by atoms with van der Waals surface area (Å²) in [5.74, 6) is -1.82. The number of carbonyl (C=O) groups is 2. The van der Waals surface area contributed by atoms with Crippen LogP contribution in [0.4, 0.5) is 0 Å². The van der Waals surface area contributed by atoms with Crippen molar-refractivity contribution in [3.05, 3.63) is 28.8 Å². The van der Waals surface area contributed by atoms with E-state index in [-0.39, 0.29) is 29.5 Å². The standard InChI is InChI=1S/C12H14ClNO5/c1-19-5-4-14(7-11(16)17)12(18)9-6-8(15)2-3-10(9)13/h2-3,6,15H,4-5,7H2,1H3,(H,16,17). The molecule has 0 fully saturated rings. The number of ether oxygens (including phenoxy) is 1. The Morgan fingerprint density at radius 1 is 1.42 bits per heavy atom. The van der Waals surface area contributed by atoms with Crippen molar-refractivity contribution in [1.29, 1.82) is 0 Å². The van der Waals surface area contributed by atoms with Crippen LogP contribution in [0.15, 0.2) is 18.2 Å². The minimum Gasteiger partial charge on any atom is -0.508 e. The molecule has 1 amide bonds. The van der Waals surface area contributed by atoms with Crippen LogP contribution in [0.5, 0.6) is 5.75 Å². The molecule has 0 saturated carbocycles. The van der Waals surface area contributed by atoms with Crippen LogP contribution in [0.2, 0.25) is 5.02 Å². The smallest absolute Gasteiger partial charge is 0.323 e. The van der Waals surface area contributed by atoms with Gasteiger partial charge in [0.1, 0.15) is 12.3 Å². The number of benzene rings is 1. The first-order chi connectivity index (χ1) is 8.95. The quantitative estimate of drug-likeness (QED) is 0.821. The summed E-state index contributed by atoms with van der Waals surface area (Å²) < 4.78 is 4.82. The van der Waals surface area contributed by atoms with Crippen molar-refractivity contribution in [3.8, 4) is 5.75 Å². The number of nitrogens with zero attached hydrogens (tertiary/aromatic N) is 1. The van der Waals surface area contributed by atoms with E-state index in [9.17, 15) is 14.7 Å². The molecule has 1 aromatic rings. The Bertz CT molecular complexity index is 477. The molecule has 0 aromatic heterocycles. The van der Waals surface area contributed by atoms with Crippen LogP contribution in [0.3, 0.4) is 0 Å². The summed E-state index contributed by atoms with van der Waals surface area (Å²) >= 11 is 5.87. The lowest BCUT2D eigenvalue weighted by molar-refractivity contribution is -0.137. The van der Waals surface area contributed by atoms with E-state index in [0.717, 1.165) is 4.90 Å². The molecular formula is C12H14ClNO5. The molecule has 2 N–H and O–H groups in total. The molecule has 0 bridgehead atoms. The molecule has 7 heteroatoms. The van der Waals surface area contributed by atoms with Crippen LogP contribution in [0.25, 0.3) is 0 Å². The Labute approximate surface area is 115 Å². The molecule has 19 heavy (non-hydrogen) atoms. The van der Waals surface area contributed by atoms with Gasteiger partial charge in [0.2, 0.25) is 0 Å². The van der Waals surface area contributed by atoms with Gasteiger partial charge in [-0.05, 0) is 18.2 Å². The number of halogens is 1. The molecule has 0 aliphatic heterocycles. The largest absolute Gasteiger partial charge is 0.508 e. The summed E-state index contributed by atoms with van der Waals surface area (Å²) in [4.78, 5) is 24.0. The predicted octanol–water partition coefficient (Wildman–Crippen LogP) is 1.22. The minimum atomic E-state index is -1.14. The third-order valence-electron chi connectivity index (χ3n) is 2.36. The molecule has 0 heterocycles. The lowest BCUT2D eigenvalue weighted by atomic mass is 10.2. The average Bonchev–Trinajstić information content (AvgIpc) is 2.36. The van der Waals surface area contributed by atoms with Gasteiger partial charge in [0.25, 0.3) is 5.91 Å². The number of carbonyl (C=O) groups excluding carboxylic acids is 1. The van der Waals surface area contributed by atoms with Crippen LogP contribution in [-0.2, 0) is 9.53 Å². The van der Waals surface area contributed by atoms with Crippen LogP contribution < -0.4 is 0 Å². The molecule has 6 nitrogen and oxygen atoms in total. The maximum absolute atomic E-state index is 12.2. The number of amides is 1. The van der Waals surface area contributed by atoms with Crippen molar-refractivity contribution < 1.29 is 24.5 Å². The zero-order valence-electron chi connectivity index (χ0n) is 10.3. The highest BCUT2D eigenvalue weighted by Crippen LogP contribution is 2.22. The van der Waals surface area contributed by atoms with E-state index in [4.69, 9.17) is 21.4 Å². The molecule has 0 spiro atoms. The summed E-state index contributed by atoms with van der Waals surface area (Å²) in [6.45, 7) is -0.142. The average molecular weight is 288 g/mol. The molecule has 104 valence electrons. The number of hydrogen-bond acceptors (Lipinski definition) is 4. The Balaban J connectivity index is 2.97. The maximum Gasteiger partial charge on any atom is 0.323 e. The third-order valence-corrected chi connectivity index (χ3v) is 2.69. The first-order valence-electron chi connectivity index (χ1n) is 5.44. The number of aromatic hydroxyl groups is 1. The van der Waals surface area contributed by atoms with E-state index in [2.05, 4.69) is 0 Å². The highest BCUT2D eigenvalue weighted by Gasteiger charge is 2.20. The van der Waals surface area contributed by atoms with Crippen molar-refractivity contribution in [3.63, 3.8) is 0 Å². The van der Waals surface area contributed by atoms with E-state index in [1.165, 1.54) is 25.3 Å². The van der Waals surface area contributed by atoms with Gasteiger partial charge in [0, 0.05) is 13.7 Å². The predicted molar refractivity (Wildman–Crippen MR) is 68.5 cm³/mol. The fourth-order valence-corrected chi connectivity index (χ4v) is 1.66. The SMILES string of the molecule is COCCN(CC(=O)O)C(=O)c1cc(O)ccc1Cl. The van der Waals surface area contributed by atoms with Crippen molar-refractivity contribution in [2.45, 2.75) is 0 Å². The van der Waals surface area contributed by atoms with E-state index < -0.39 is 18.4 Å². The van der Waals surface area contributed by atoms with Gasteiger partial charge in [-0.3, -0.25) is 9.59 Å². The third kappa shape index (κ3) is 4.42. The van der Waals surface area contributed by atoms with Gasteiger partial charge >= 0.3 is 5.97 Å². The Hall–Kier alpha value is -1.79. The number of methoxy groups -OCH3 is 1. The van der Waals surface area contributed by atoms with Gasteiger partial charge < -0.3 is 19.8 Å². The number of carboxylic acid groups (broad SMARTS) is 1. The second-order valence-corrected chi connectivity index (χ2v) is 4.18. The first kappa shape index (κ1) is 15.3. The number of carboxylic acids is 1. The van der Waals surface area contributed by atoms with Gasteiger partial charge in [-0.25, -0.2) is 0 Å². The lowest BCUT2D eigenvalue weighted by Crippen LogP contribution is -2.38. The molecule has 0 aliphatic rings. The monoisotopic (exact) mass is 287 g/mol. The molecule has 0 unspecified atom stereocenters. The van der Waals surface area contributed by atoms with E-state index in [0.29, 0.717) is 0 Å². The van der Waals surface area contributed by atoms with Gasteiger partial charge in [0.05, 0.1) is 17.2 Å². The number of phenols is 1. The molecule has 1 rings (SSSR count). The second-order valence-electron chi connectivity index (χ2n) is 3.78. The van der Waals surface area contributed by atoms with Gasteiger partial charge in [-0.1, -0.05) is 11.6 Å². The highest BCUT2D eigenvalue weighted by molar-refractivity contribution is 6.33. The van der Waals surface area contributed by atoms with Gasteiger partial charge in [0.15, 0.2) is 0 Å². The van der Waals surface area contributed by atoms with Crippen LogP contribution >= 0.6 is 11.6 Å². The van der Waals surface area contributed by atoms with E-state index in [1.54, 1.807) is 0 Å². The van der Waals surface area contributed by atoms with Crippen molar-refractivity contribution in [2.75, 3.05) is 26.8 Å². The van der Waals surface area contributed by atoms with Crippen LogP contribution in [0.1, 0.15) is 10.4 Å². The van der Waals surface area contributed by atoms with Gasteiger partial charge in [-0.2, -0.15) is 0 Å². The number of rotatable bonds is 6. The summed E-state index contributed by atoms with van der Waals surface area (Å²) in [5, 5.41) is 18.3. The Kier molecular flexibility index (Phi) is 5.59. The lowest BCUT2D eigenvalue weighted by Gasteiger charge is -2.20. The first-order valence-corrected chi connectivity index (χ1v) is 5.82. The molecule has 0 radical (unpaired) electrons. The summed E-state index contributed by atoms with van der Waals surface area (Å²) in [6, 6.07) is 3.92. The summed E-state index contributed by atoms with van der Waals surface area (Å²) in [7, 11) is 1.45. The van der Waals surface area contributed by atoms with Crippen LogP contribution in [-0.4, -0.2) is 53.8 Å². The Morgan fingerprint density at radius 3 is 2.68 bits per heavy atom. The van der Waals surface area contributed by atoms with Crippen molar-refractivity contribution in [1.82, 2.24) is 4.90 Å². The molecule has 0 saturated heterocycles. The zero-order chi connectivity index (χ0) is 14.4. The molecule has 1 aromatic carbocycles. The number of aliphatic carboxylic acids is 1. The molecule has 0 aliphatic carbocycles. The number of hydrogen-bond donors (Lipinski definition) is 2. The zero-order valence-corrected chi connectivity index (χ0v) is 11.1. The topological polar surface area (TPSA) is 87.1 Å². The summed E-state index contributed by atoms with van der Waals surface area (Å²) in [6.07, 6.45) is 0. The number of phenolic OH excluding ortho intramolecular Hbond substituents is 1. The molecular weight excluding hydrogens is 274 g/mol. The fourth-order valence-electron chi connectivity index (χ4n) is 1.46. The second kappa shape index (κ2) is 6.96. The summed E-state index contributed by atoms with van der Waals surface area (Å²) in [5.41, 5.74) is 0.0546. The van der Waals surface area contributed by atoms with E-state index in [1.807, 2.05) is 0 Å². The van der Waals surface area contributed by atoms with Gasteiger partial charge in [-0.15, -0.1) is 0 Å². The van der Waals surface area contributed by atoms with E-state index >= 15 is 0 Å². The van der Waals surface area contributed by atoms with Crippen LogP contribution in [0, 0.1) is 0 Å². The maximum atomic E-state index is 12.2. The minimum absolute atomic E-state index is 0.0546. The fraction of sp³-hybridized carbons (Fsp3) is 0.333. The normalized spacial score (nSPS) is 10.2. The highest BCUT2D eigenvalue weighted by atomic mass is 35.5. The molecule has 0 atom stereocenters.